The Hall–Kier alpha value is -2.63. The Labute approximate surface area is 102 Å². The number of halogens is 1. The number of carbonyl (C=O) groups excluding carboxylic acids is 1. The second kappa shape index (κ2) is 5.62. The molecule has 18 heavy (non-hydrogen) atoms. The minimum Gasteiger partial charge on any atom is -0.265 e. The molecule has 5 nitrogen and oxygen atoms in total. The highest BCUT2D eigenvalue weighted by molar-refractivity contribution is 5.92. The Balaban J connectivity index is 2.00. The molecule has 1 aromatic heterocycles. The number of nitrogens with zero attached hydrogens (tertiary/aromatic N) is 3. The molecule has 0 atom stereocenters. The van der Waals surface area contributed by atoms with E-state index in [2.05, 4.69) is 20.5 Å². The number of hydrazone groups is 1. The molecule has 0 aliphatic rings. The lowest BCUT2D eigenvalue weighted by Crippen LogP contribution is -2.19. The lowest BCUT2D eigenvalue weighted by atomic mass is 10.2. The molecule has 0 radical (unpaired) electrons. The third kappa shape index (κ3) is 2.94. The maximum absolute atomic E-state index is 13.2. The van der Waals surface area contributed by atoms with E-state index < -0.39 is 11.7 Å². The molecule has 1 heterocycles. The van der Waals surface area contributed by atoms with Gasteiger partial charge in [0.05, 0.1) is 12.4 Å². The molecule has 0 spiro atoms. The molecule has 0 aliphatic carbocycles. The third-order valence-corrected chi connectivity index (χ3v) is 2.07. The molecule has 0 aliphatic heterocycles. The van der Waals surface area contributed by atoms with Gasteiger partial charge in [-0.1, -0.05) is 18.2 Å². The zero-order chi connectivity index (χ0) is 12.8. The van der Waals surface area contributed by atoms with Gasteiger partial charge in [0.15, 0.2) is 0 Å². The highest BCUT2D eigenvalue weighted by Gasteiger charge is 2.04. The maximum Gasteiger partial charge on any atom is 0.291 e. The van der Waals surface area contributed by atoms with Gasteiger partial charge in [-0.25, -0.2) is 14.8 Å². The van der Waals surface area contributed by atoms with Crippen LogP contribution >= 0.6 is 0 Å². The first-order valence-corrected chi connectivity index (χ1v) is 5.11. The number of amides is 1. The average Bonchev–Trinajstić information content (AvgIpc) is 2.42. The Kier molecular flexibility index (Phi) is 3.70. The molecule has 90 valence electrons. The first-order chi connectivity index (χ1) is 8.77. The fourth-order valence-electron chi connectivity index (χ4n) is 1.21. The Morgan fingerprint density at radius 2 is 2.17 bits per heavy atom. The number of nitrogens with one attached hydrogen (secondary N) is 1. The summed E-state index contributed by atoms with van der Waals surface area (Å²) in [6.07, 6.45) is 5.40. The molecule has 0 fully saturated rings. The van der Waals surface area contributed by atoms with Gasteiger partial charge < -0.3 is 0 Å². The molecule has 1 N–H and O–H groups in total. The van der Waals surface area contributed by atoms with Crippen LogP contribution in [0.3, 0.4) is 0 Å². The van der Waals surface area contributed by atoms with Gasteiger partial charge >= 0.3 is 0 Å². The van der Waals surface area contributed by atoms with Crippen LogP contribution in [0.2, 0.25) is 0 Å². The monoisotopic (exact) mass is 244 g/mol. The van der Waals surface area contributed by atoms with Crippen molar-refractivity contribution in [3.63, 3.8) is 0 Å². The van der Waals surface area contributed by atoms with Crippen molar-refractivity contribution in [2.45, 2.75) is 0 Å². The molecule has 2 rings (SSSR count). The number of hydrogen-bond acceptors (Lipinski definition) is 4. The van der Waals surface area contributed by atoms with Crippen molar-refractivity contribution < 1.29 is 9.18 Å². The van der Waals surface area contributed by atoms with Crippen LogP contribution in [0.1, 0.15) is 16.1 Å². The van der Waals surface area contributed by atoms with Crippen molar-refractivity contribution in [1.82, 2.24) is 15.4 Å². The summed E-state index contributed by atoms with van der Waals surface area (Å²) in [4.78, 5) is 19.0. The molecular weight excluding hydrogens is 235 g/mol. The SMILES string of the molecule is O=C(N/N=C\c1ccccc1F)c1cnccn1. The summed E-state index contributed by atoms with van der Waals surface area (Å²) in [7, 11) is 0. The van der Waals surface area contributed by atoms with Crippen LogP contribution in [0, 0.1) is 5.82 Å². The van der Waals surface area contributed by atoms with Crippen molar-refractivity contribution >= 4 is 12.1 Å². The van der Waals surface area contributed by atoms with Crippen molar-refractivity contribution in [1.29, 1.82) is 0 Å². The van der Waals surface area contributed by atoms with E-state index in [1.54, 1.807) is 18.2 Å². The Morgan fingerprint density at radius 1 is 1.33 bits per heavy atom. The summed E-state index contributed by atoms with van der Waals surface area (Å²) >= 11 is 0. The fourth-order valence-corrected chi connectivity index (χ4v) is 1.21. The van der Waals surface area contributed by atoms with Gasteiger partial charge in [-0.3, -0.25) is 9.78 Å². The van der Waals surface area contributed by atoms with Crippen LogP contribution in [0.25, 0.3) is 0 Å². The largest absolute Gasteiger partial charge is 0.291 e. The van der Waals surface area contributed by atoms with Gasteiger partial charge in [0, 0.05) is 18.0 Å². The van der Waals surface area contributed by atoms with Gasteiger partial charge in [0.2, 0.25) is 0 Å². The van der Waals surface area contributed by atoms with E-state index in [-0.39, 0.29) is 11.3 Å². The smallest absolute Gasteiger partial charge is 0.265 e. The molecular formula is C12H9FN4O. The van der Waals surface area contributed by atoms with Crippen LogP contribution in [0.5, 0.6) is 0 Å². The van der Waals surface area contributed by atoms with E-state index in [0.717, 1.165) is 0 Å². The van der Waals surface area contributed by atoms with Crippen LogP contribution in [0.15, 0.2) is 48.0 Å². The Morgan fingerprint density at radius 3 is 2.89 bits per heavy atom. The minimum absolute atomic E-state index is 0.142. The average molecular weight is 244 g/mol. The predicted octanol–water partition coefficient (Wildman–Crippen LogP) is 1.38. The van der Waals surface area contributed by atoms with Gasteiger partial charge in [0.25, 0.3) is 5.91 Å². The number of aromatic nitrogens is 2. The van der Waals surface area contributed by atoms with E-state index >= 15 is 0 Å². The molecule has 0 saturated carbocycles. The summed E-state index contributed by atoms with van der Waals surface area (Å²) in [6.45, 7) is 0. The lowest BCUT2D eigenvalue weighted by molar-refractivity contribution is 0.0949. The third-order valence-electron chi connectivity index (χ3n) is 2.07. The van der Waals surface area contributed by atoms with Gasteiger partial charge in [-0.15, -0.1) is 0 Å². The minimum atomic E-state index is -0.504. The molecule has 0 bridgehead atoms. The zero-order valence-corrected chi connectivity index (χ0v) is 9.25. The van der Waals surface area contributed by atoms with E-state index in [4.69, 9.17) is 0 Å². The van der Waals surface area contributed by atoms with Crippen LogP contribution in [-0.4, -0.2) is 22.1 Å². The number of hydrogen-bond donors (Lipinski definition) is 1. The summed E-state index contributed by atoms with van der Waals surface area (Å²) in [5.74, 6) is -0.911. The number of carbonyl (C=O) groups is 1. The topological polar surface area (TPSA) is 67.2 Å². The normalized spacial score (nSPS) is 10.5. The van der Waals surface area contributed by atoms with Gasteiger partial charge in [0.1, 0.15) is 11.5 Å². The summed E-state index contributed by atoms with van der Waals surface area (Å²) < 4.78 is 13.2. The van der Waals surface area contributed by atoms with E-state index in [0.29, 0.717) is 0 Å². The van der Waals surface area contributed by atoms with E-state index in [9.17, 15) is 9.18 Å². The van der Waals surface area contributed by atoms with Crippen molar-refractivity contribution in [2.75, 3.05) is 0 Å². The van der Waals surface area contributed by atoms with Crippen LogP contribution in [-0.2, 0) is 0 Å². The summed E-state index contributed by atoms with van der Waals surface area (Å²) in [6, 6.07) is 6.11. The predicted molar refractivity (Wildman–Crippen MR) is 63.5 cm³/mol. The van der Waals surface area contributed by atoms with Gasteiger partial charge in [-0.05, 0) is 6.07 Å². The molecule has 1 aromatic carbocycles. The Bertz CT molecular complexity index is 571. The molecule has 2 aromatic rings. The van der Waals surface area contributed by atoms with Crippen molar-refractivity contribution in [3.8, 4) is 0 Å². The fraction of sp³-hybridized carbons (Fsp3) is 0. The van der Waals surface area contributed by atoms with Crippen molar-refractivity contribution in [3.05, 3.63) is 59.9 Å². The standard InChI is InChI=1S/C12H9FN4O/c13-10-4-2-1-3-9(10)7-16-17-12(18)11-8-14-5-6-15-11/h1-8H,(H,17,18)/b16-7-. The number of benzene rings is 1. The first kappa shape index (κ1) is 11.8. The van der Waals surface area contributed by atoms with Gasteiger partial charge in [-0.2, -0.15) is 5.10 Å². The van der Waals surface area contributed by atoms with E-state index in [1.165, 1.54) is 30.9 Å². The maximum atomic E-state index is 13.2. The van der Waals surface area contributed by atoms with E-state index in [1.807, 2.05) is 0 Å². The zero-order valence-electron chi connectivity index (χ0n) is 9.25. The first-order valence-electron chi connectivity index (χ1n) is 5.11. The summed E-state index contributed by atoms with van der Waals surface area (Å²) in [5, 5.41) is 3.65. The highest BCUT2D eigenvalue weighted by Crippen LogP contribution is 2.02. The number of rotatable bonds is 3. The van der Waals surface area contributed by atoms with Crippen LogP contribution < -0.4 is 5.43 Å². The quantitative estimate of drug-likeness (QED) is 0.655. The lowest BCUT2D eigenvalue weighted by Gasteiger charge is -1.98. The highest BCUT2D eigenvalue weighted by atomic mass is 19.1. The molecule has 0 unspecified atom stereocenters. The molecule has 1 amide bonds. The second-order valence-corrected chi connectivity index (χ2v) is 3.31. The van der Waals surface area contributed by atoms with Crippen molar-refractivity contribution in [2.24, 2.45) is 5.10 Å². The molecule has 6 heteroatoms. The van der Waals surface area contributed by atoms with Crippen LogP contribution in [0.4, 0.5) is 4.39 Å². The molecule has 0 saturated heterocycles. The second-order valence-electron chi connectivity index (χ2n) is 3.31. The summed E-state index contributed by atoms with van der Waals surface area (Å²) in [5.41, 5.74) is 2.67.